The minimum atomic E-state index is -1.03. The third-order valence-electron chi connectivity index (χ3n) is 7.10. The number of thiocarbonyl (C=S) groups is 1. The van der Waals surface area contributed by atoms with E-state index in [-0.39, 0.29) is 5.92 Å². The molecule has 0 saturated carbocycles. The van der Waals surface area contributed by atoms with Crippen molar-refractivity contribution in [3.63, 3.8) is 0 Å². The zero-order valence-corrected chi connectivity index (χ0v) is 22.0. The molecule has 0 aliphatic carbocycles. The molecular formula is C29H34ClN3OS. The SMILES string of the molecule is CCN(CC)c1ccc(NC(=S)N2CCC(C(O)(c3ccccc3)c3ccccc3)CC2)cc1Cl. The number of rotatable bonds is 7. The number of benzene rings is 3. The molecule has 3 aromatic rings. The topological polar surface area (TPSA) is 38.7 Å². The van der Waals surface area contributed by atoms with Gasteiger partial charge in [-0.1, -0.05) is 72.3 Å². The standard InChI is InChI=1S/C29H34ClN3OS/c1-3-32(4-2)27-16-15-25(21-26(27)30)31-28(35)33-19-17-24(18-20-33)29(34,22-11-7-5-8-12-22)23-13-9-6-10-14-23/h5-16,21,24,34H,3-4,17-20H2,1-2H3,(H,31,35). The molecular weight excluding hydrogens is 474 g/mol. The van der Waals surface area contributed by atoms with Gasteiger partial charge in [-0.15, -0.1) is 0 Å². The largest absolute Gasteiger partial charge is 0.380 e. The average Bonchev–Trinajstić information content (AvgIpc) is 2.91. The Labute approximate surface area is 219 Å². The molecule has 0 amide bonds. The Morgan fingerprint density at radius 3 is 2.00 bits per heavy atom. The molecule has 0 bridgehead atoms. The molecule has 1 heterocycles. The molecule has 1 saturated heterocycles. The van der Waals surface area contributed by atoms with Gasteiger partial charge < -0.3 is 20.2 Å². The first kappa shape index (κ1) is 25.5. The van der Waals surface area contributed by atoms with Crippen LogP contribution in [-0.2, 0) is 5.60 Å². The third kappa shape index (κ3) is 5.48. The Morgan fingerprint density at radius 2 is 1.51 bits per heavy atom. The highest BCUT2D eigenvalue weighted by Crippen LogP contribution is 2.42. The maximum Gasteiger partial charge on any atom is 0.173 e. The Balaban J connectivity index is 1.45. The molecule has 0 atom stereocenters. The van der Waals surface area contributed by atoms with Crippen molar-refractivity contribution < 1.29 is 5.11 Å². The molecule has 3 aromatic carbocycles. The van der Waals surface area contributed by atoms with E-state index in [9.17, 15) is 5.11 Å². The number of nitrogens with zero attached hydrogens (tertiary/aromatic N) is 2. The third-order valence-corrected chi connectivity index (χ3v) is 7.77. The lowest BCUT2D eigenvalue weighted by molar-refractivity contribution is -0.00631. The van der Waals surface area contributed by atoms with E-state index in [0.717, 1.165) is 66.5 Å². The Bertz CT molecular complexity index is 1070. The summed E-state index contributed by atoms with van der Waals surface area (Å²) >= 11 is 12.3. The van der Waals surface area contributed by atoms with E-state index in [1.165, 1.54) is 0 Å². The van der Waals surface area contributed by atoms with Crippen molar-refractivity contribution >= 4 is 40.3 Å². The van der Waals surface area contributed by atoms with E-state index in [1.807, 2.05) is 78.9 Å². The van der Waals surface area contributed by atoms with Crippen LogP contribution in [0, 0.1) is 5.92 Å². The van der Waals surface area contributed by atoms with Gasteiger partial charge in [0.05, 0.1) is 10.7 Å². The lowest BCUT2D eigenvalue weighted by Gasteiger charge is -2.43. The molecule has 6 heteroatoms. The van der Waals surface area contributed by atoms with E-state index in [2.05, 4.69) is 29.0 Å². The second kappa shape index (κ2) is 11.4. The monoisotopic (exact) mass is 507 g/mol. The maximum atomic E-state index is 12.1. The second-order valence-electron chi connectivity index (χ2n) is 9.03. The lowest BCUT2D eigenvalue weighted by atomic mass is 9.72. The van der Waals surface area contributed by atoms with Crippen molar-refractivity contribution in [3.8, 4) is 0 Å². The highest BCUT2D eigenvalue weighted by molar-refractivity contribution is 7.80. The van der Waals surface area contributed by atoms with Gasteiger partial charge in [0.2, 0.25) is 0 Å². The number of aliphatic hydroxyl groups is 1. The van der Waals surface area contributed by atoms with E-state index in [0.29, 0.717) is 5.11 Å². The van der Waals surface area contributed by atoms with E-state index in [4.69, 9.17) is 23.8 Å². The zero-order chi connectivity index (χ0) is 24.8. The molecule has 184 valence electrons. The summed E-state index contributed by atoms with van der Waals surface area (Å²) < 4.78 is 0. The Hall–Kier alpha value is -2.60. The quantitative estimate of drug-likeness (QED) is 0.356. The van der Waals surface area contributed by atoms with Gasteiger partial charge in [0.25, 0.3) is 0 Å². The summed E-state index contributed by atoms with van der Waals surface area (Å²) in [7, 11) is 0. The summed E-state index contributed by atoms with van der Waals surface area (Å²) in [5.41, 5.74) is 2.77. The van der Waals surface area contributed by atoms with Crippen LogP contribution in [-0.4, -0.2) is 41.3 Å². The van der Waals surface area contributed by atoms with E-state index >= 15 is 0 Å². The van der Waals surface area contributed by atoms with Crippen molar-refractivity contribution in [2.45, 2.75) is 32.3 Å². The minimum absolute atomic E-state index is 0.0918. The first-order chi connectivity index (χ1) is 17.0. The fraction of sp³-hybridized carbons (Fsp3) is 0.345. The fourth-order valence-electron chi connectivity index (χ4n) is 5.13. The summed E-state index contributed by atoms with van der Waals surface area (Å²) in [5.74, 6) is 0.0918. The Morgan fingerprint density at radius 1 is 0.971 bits per heavy atom. The van der Waals surface area contributed by atoms with Gasteiger partial charge >= 0.3 is 0 Å². The van der Waals surface area contributed by atoms with E-state index in [1.54, 1.807) is 0 Å². The number of nitrogens with one attached hydrogen (secondary N) is 1. The smallest absolute Gasteiger partial charge is 0.173 e. The van der Waals surface area contributed by atoms with Gasteiger partial charge in [-0.25, -0.2) is 0 Å². The molecule has 0 radical (unpaired) electrons. The molecule has 1 aliphatic heterocycles. The highest BCUT2D eigenvalue weighted by Gasteiger charge is 2.41. The molecule has 0 aromatic heterocycles. The van der Waals surface area contributed by atoms with Crippen LogP contribution < -0.4 is 10.2 Å². The molecule has 2 N–H and O–H groups in total. The van der Waals surface area contributed by atoms with Gasteiger partial charge in [-0.3, -0.25) is 0 Å². The molecule has 4 rings (SSSR count). The summed E-state index contributed by atoms with van der Waals surface area (Å²) in [6.07, 6.45) is 1.67. The van der Waals surface area contributed by atoms with Crippen LogP contribution in [0.1, 0.15) is 37.8 Å². The van der Waals surface area contributed by atoms with Crippen LogP contribution in [0.25, 0.3) is 0 Å². The summed E-state index contributed by atoms with van der Waals surface area (Å²) in [4.78, 5) is 4.42. The van der Waals surface area contributed by atoms with Crippen LogP contribution >= 0.6 is 23.8 Å². The Kier molecular flexibility index (Phi) is 8.32. The second-order valence-corrected chi connectivity index (χ2v) is 9.82. The van der Waals surface area contributed by atoms with Gasteiger partial charge in [0, 0.05) is 31.9 Å². The van der Waals surface area contributed by atoms with Gasteiger partial charge in [-0.05, 0) is 74.2 Å². The number of hydrogen-bond acceptors (Lipinski definition) is 3. The predicted octanol–water partition coefficient (Wildman–Crippen LogP) is 6.53. The van der Waals surface area contributed by atoms with Crippen LogP contribution in [0.15, 0.2) is 78.9 Å². The van der Waals surface area contributed by atoms with Crippen molar-refractivity contribution in [2.75, 3.05) is 36.4 Å². The molecule has 0 unspecified atom stereocenters. The number of anilines is 2. The van der Waals surface area contributed by atoms with Crippen LogP contribution in [0.3, 0.4) is 0 Å². The molecule has 1 fully saturated rings. The molecule has 4 nitrogen and oxygen atoms in total. The van der Waals surface area contributed by atoms with Gasteiger partial charge in [-0.2, -0.15) is 0 Å². The van der Waals surface area contributed by atoms with Crippen molar-refractivity contribution in [1.82, 2.24) is 4.90 Å². The zero-order valence-electron chi connectivity index (χ0n) is 20.5. The van der Waals surface area contributed by atoms with Gasteiger partial charge in [0.15, 0.2) is 5.11 Å². The van der Waals surface area contributed by atoms with Crippen LogP contribution in [0.2, 0.25) is 5.02 Å². The first-order valence-electron chi connectivity index (χ1n) is 12.4. The van der Waals surface area contributed by atoms with Crippen LogP contribution in [0.4, 0.5) is 11.4 Å². The minimum Gasteiger partial charge on any atom is -0.380 e. The molecule has 1 aliphatic rings. The summed E-state index contributed by atoms with van der Waals surface area (Å²) in [5, 5.41) is 16.9. The first-order valence-corrected chi connectivity index (χ1v) is 13.2. The van der Waals surface area contributed by atoms with Crippen molar-refractivity contribution in [3.05, 3.63) is 95.0 Å². The van der Waals surface area contributed by atoms with Crippen molar-refractivity contribution in [1.29, 1.82) is 0 Å². The number of piperidine rings is 1. The molecule has 35 heavy (non-hydrogen) atoms. The van der Waals surface area contributed by atoms with Crippen LogP contribution in [0.5, 0.6) is 0 Å². The van der Waals surface area contributed by atoms with Gasteiger partial charge in [0.1, 0.15) is 5.60 Å². The number of halogens is 1. The maximum absolute atomic E-state index is 12.1. The summed E-state index contributed by atoms with van der Waals surface area (Å²) in [6.45, 7) is 7.64. The number of likely N-dealkylation sites (tertiary alicyclic amines) is 1. The average molecular weight is 508 g/mol. The van der Waals surface area contributed by atoms with Crippen molar-refractivity contribution in [2.24, 2.45) is 5.92 Å². The fourth-order valence-corrected chi connectivity index (χ4v) is 5.73. The number of hydrogen-bond donors (Lipinski definition) is 2. The lowest BCUT2D eigenvalue weighted by Crippen LogP contribution is -2.47. The summed E-state index contributed by atoms with van der Waals surface area (Å²) in [6, 6.07) is 26.1. The normalized spacial score (nSPS) is 14.6. The highest BCUT2D eigenvalue weighted by atomic mass is 35.5. The predicted molar refractivity (Wildman–Crippen MR) is 151 cm³/mol. The molecule has 0 spiro atoms. The van der Waals surface area contributed by atoms with E-state index < -0.39 is 5.60 Å².